The fraction of sp³-hybridized carbons (Fsp3) is 1.00. The maximum atomic E-state index is 9.35. The first kappa shape index (κ1) is 18.9. The predicted molar refractivity (Wildman–Crippen MR) is 80.5 cm³/mol. The first-order valence-corrected chi connectivity index (χ1v) is 7.53. The number of aliphatic hydroxyl groups is 1. The lowest BCUT2D eigenvalue weighted by Crippen LogP contribution is -2.22. The van der Waals surface area contributed by atoms with E-state index in [1.54, 1.807) is 0 Å². The molecule has 0 amide bonds. The number of ether oxygens (including phenoxy) is 2. The number of aliphatic hydroxyl groups excluding tert-OH is 1. The highest BCUT2D eigenvalue weighted by Gasteiger charge is 2.13. The quantitative estimate of drug-likeness (QED) is 0.650. The molecule has 3 nitrogen and oxygen atoms in total. The fourth-order valence-corrected chi connectivity index (χ4v) is 1.77. The molecule has 0 aliphatic heterocycles. The number of hydrogen-bond acceptors (Lipinski definition) is 3. The van der Waals surface area contributed by atoms with Crippen molar-refractivity contribution in [2.24, 2.45) is 5.92 Å². The summed E-state index contributed by atoms with van der Waals surface area (Å²) in [6, 6.07) is 0. The van der Waals surface area contributed by atoms with Gasteiger partial charge in [-0.2, -0.15) is 0 Å². The summed E-state index contributed by atoms with van der Waals surface area (Å²) in [5.41, 5.74) is -0.127. The molecule has 0 saturated carbocycles. The van der Waals surface area contributed by atoms with Crippen LogP contribution in [0.25, 0.3) is 0 Å². The molecule has 0 spiro atoms. The van der Waals surface area contributed by atoms with E-state index in [1.165, 1.54) is 0 Å². The van der Waals surface area contributed by atoms with E-state index in [4.69, 9.17) is 9.47 Å². The van der Waals surface area contributed by atoms with E-state index in [9.17, 15) is 5.11 Å². The molecule has 0 aliphatic carbocycles. The molecule has 116 valence electrons. The van der Waals surface area contributed by atoms with Gasteiger partial charge in [-0.15, -0.1) is 0 Å². The Hall–Kier alpha value is -0.120. The first-order valence-electron chi connectivity index (χ1n) is 7.53. The smallest absolute Gasteiger partial charge is 0.0598 e. The molecule has 0 radical (unpaired) electrons. The van der Waals surface area contributed by atoms with Crippen molar-refractivity contribution in [3.63, 3.8) is 0 Å². The maximum Gasteiger partial charge on any atom is 0.0598 e. The summed E-state index contributed by atoms with van der Waals surface area (Å²) in [7, 11) is 0. The minimum Gasteiger partial charge on any atom is -0.396 e. The number of rotatable bonds is 9. The standard InChI is InChI=1S/C16H34O3/c1-15(2,3)18-11-8-7-9-14(13-17)10-12-19-16(4,5)6/h14,17H,7-13H2,1-6H3. The van der Waals surface area contributed by atoms with Crippen LogP contribution >= 0.6 is 0 Å². The second kappa shape index (κ2) is 8.93. The predicted octanol–water partition coefficient (Wildman–Crippen LogP) is 3.79. The highest BCUT2D eigenvalue weighted by atomic mass is 16.5. The molecule has 0 heterocycles. The zero-order chi connectivity index (χ0) is 14.9. The van der Waals surface area contributed by atoms with Gasteiger partial charge in [0.1, 0.15) is 0 Å². The second-order valence-corrected chi connectivity index (χ2v) is 7.25. The summed E-state index contributed by atoms with van der Waals surface area (Å²) >= 11 is 0. The molecular weight excluding hydrogens is 240 g/mol. The Labute approximate surface area is 119 Å². The van der Waals surface area contributed by atoms with E-state index in [0.717, 1.165) is 38.9 Å². The summed E-state index contributed by atoms with van der Waals surface area (Å²) in [6.45, 7) is 14.2. The van der Waals surface area contributed by atoms with Gasteiger partial charge in [0.15, 0.2) is 0 Å². The molecule has 0 aromatic rings. The van der Waals surface area contributed by atoms with Crippen LogP contribution in [0, 0.1) is 5.92 Å². The van der Waals surface area contributed by atoms with Gasteiger partial charge >= 0.3 is 0 Å². The van der Waals surface area contributed by atoms with Gasteiger partial charge in [-0.25, -0.2) is 0 Å². The van der Waals surface area contributed by atoms with Crippen LogP contribution in [0.3, 0.4) is 0 Å². The Kier molecular flexibility index (Phi) is 8.88. The van der Waals surface area contributed by atoms with Crippen molar-refractivity contribution >= 4 is 0 Å². The lowest BCUT2D eigenvalue weighted by Gasteiger charge is -2.22. The van der Waals surface area contributed by atoms with E-state index in [2.05, 4.69) is 41.5 Å². The molecule has 1 unspecified atom stereocenters. The summed E-state index contributed by atoms with van der Waals surface area (Å²) < 4.78 is 11.4. The SMILES string of the molecule is CC(C)(C)OCCCCC(CO)CCOC(C)(C)C. The Morgan fingerprint density at radius 1 is 0.789 bits per heavy atom. The van der Waals surface area contributed by atoms with Crippen molar-refractivity contribution in [2.75, 3.05) is 19.8 Å². The molecule has 0 aromatic heterocycles. The van der Waals surface area contributed by atoms with Crippen LogP contribution in [0.1, 0.15) is 67.2 Å². The number of hydrogen-bond donors (Lipinski definition) is 1. The molecule has 3 heteroatoms. The molecule has 0 rings (SSSR count). The molecule has 0 aromatic carbocycles. The van der Waals surface area contributed by atoms with Crippen LogP contribution in [0.15, 0.2) is 0 Å². The van der Waals surface area contributed by atoms with Gasteiger partial charge in [-0.1, -0.05) is 6.42 Å². The molecular formula is C16H34O3. The fourth-order valence-electron chi connectivity index (χ4n) is 1.77. The highest BCUT2D eigenvalue weighted by molar-refractivity contribution is 4.63. The molecule has 0 aliphatic rings. The summed E-state index contributed by atoms with van der Waals surface area (Å²) in [5, 5.41) is 9.35. The monoisotopic (exact) mass is 274 g/mol. The topological polar surface area (TPSA) is 38.7 Å². The van der Waals surface area contributed by atoms with Gasteiger partial charge in [0.05, 0.1) is 11.2 Å². The van der Waals surface area contributed by atoms with Crippen molar-refractivity contribution < 1.29 is 14.6 Å². The summed E-state index contributed by atoms with van der Waals surface area (Å²) in [4.78, 5) is 0. The van der Waals surface area contributed by atoms with Crippen molar-refractivity contribution in [3.8, 4) is 0 Å². The maximum absolute atomic E-state index is 9.35. The van der Waals surface area contributed by atoms with Crippen LogP contribution < -0.4 is 0 Å². The molecule has 1 N–H and O–H groups in total. The lowest BCUT2D eigenvalue weighted by atomic mass is 9.99. The van der Waals surface area contributed by atoms with E-state index >= 15 is 0 Å². The van der Waals surface area contributed by atoms with Crippen LogP contribution in [-0.2, 0) is 9.47 Å². The van der Waals surface area contributed by atoms with Gasteiger partial charge in [0.2, 0.25) is 0 Å². The Bertz CT molecular complexity index is 213. The third kappa shape index (κ3) is 14.1. The average molecular weight is 274 g/mol. The minimum absolute atomic E-state index is 0.0447. The summed E-state index contributed by atoms with van der Waals surface area (Å²) in [5.74, 6) is 0.358. The zero-order valence-corrected chi connectivity index (χ0v) is 13.8. The largest absolute Gasteiger partial charge is 0.396 e. The Morgan fingerprint density at radius 2 is 1.32 bits per heavy atom. The Morgan fingerprint density at radius 3 is 1.79 bits per heavy atom. The van der Waals surface area contributed by atoms with Gasteiger partial charge in [0.25, 0.3) is 0 Å². The third-order valence-corrected chi connectivity index (χ3v) is 2.86. The second-order valence-electron chi connectivity index (χ2n) is 7.25. The van der Waals surface area contributed by atoms with E-state index in [0.29, 0.717) is 5.92 Å². The molecule has 0 fully saturated rings. The molecule has 0 saturated heterocycles. The van der Waals surface area contributed by atoms with Gasteiger partial charge in [-0.3, -0.25) is 0 Å². The molecule has 19 heavy (non-hydrogen) atoms. The Balaban J connectivity index is 3.60. The lowest BCUT2D eigenvalue weighted by molar-refractivity contribution is -0.0143. The number of unbranched alkanes of at least 4 members (excludes halogenated alkanes) is 1. The zero-order valence-electron chi connectivity index (χ0n) is 13.8. The van der Waals surface area contributed by atoms with Crippen LogP contribution in [-0.4, -0.2) is 36.1 Å². The van der Waals surface area contributed by atoms with Gasteiger partial charge < -0.3 is 14.6 Å². The highest BCUT2D eigenvalue weighted by Crippen LogP contribution is 2.16. The average Bonchev–Trinajstić information content (AvgIpc) is 2.23. The van der Waals surface area contributed by atoms with Crippen molar-refractivity contribution in [3.05, 3.63) is 0 Å². The van der Waals surface area contributed by atoms with Crippen molar-refractivity contribution in [1.29, 1.82) is 0 Å². The van der Waals surface area contributed by atoms with Crippen LogP contribution in [0.2, 0.25) is 0 Å². The van der Waals surface area contributed by atoms with E-state index in [-0.39, 0.29) is 17.8 Å². The van der Waals surface area contributed by atoms with Gasteiger partial charge in [0, 0.05) is 19.8 Å². The third-order valence-electron chi connectivity index (χ3n) is 2.86. The van der Waals surface area contributed by atoms with Crippen molar-refractivity contribution in [1.82, 2.24) is 0 Å². The normalized spacial score (nSPS) is 14.7. The van der Waals surface area contributed by atoms with E-state index in [1.807, 2.05) is 0 Å². The van der Waals surface area contributed by atoms with E-state index < -0.39 is 0 Å². The van der Waals surface area contributed by atoms with Crippen LogP contribution in [0.5, 0.6) is 0 Å². The molecule has 0 bridgehead atoms. The van der Waals surface area contributed by atoms with Gasteiger partial charge in [-0.05, 0) is 66.7 Å². The van der Waals surface area contributed by atoms with Crippen molar-refractivity contribution in [2.45, 2.75) is 78.4 Å². The molecule has 1 atom stereocenters. The summed E-state index contributed by atoms with van der Waals surface area (Å²) in [6.07, 6.45) is 4.16. The van der Waals surface area contributed by atoms with Crippen LogP contribution in [0.4, 0.5) is 0 Å². The first-order chi connectivity index (χ1) is 8.64. The minimum atomic E-state index is -0.0828.